The van der Waals surface area contributed by atoms with Gasteiger partial charge < -0.3 is 4.74 Å². The van der Waals surface area contributed by atoms with Crippen molar-refractivity contribution in [3.8, 4) is 0 Å². The molecule has 0 fully saturated rings. The predicted molar refractivity (Wildman–Crippen MR) is 52.4 cm³/mol. The molecule has 1 atom stereocenters. The summed E-state index contributed by atoms with van der Waals surface area (Å²) in [4.78, 5) is 11.2. The van der Waals surface area contributed by atoms with Crippen LogP contribution in [-0.4, -0.2) is 22.2 Å². The Morgan fingerprint density at radius 2 is 2.09 bits per heavy atom. The first-order valence-electron chi connectivity index (χ1n) is 3.52. The summed E-state index contributed by atoms with van der Waals surface area (Å²) in [6.07, 6.45) is 0.719. The molecule has 2 nitrogen and oxygen atoms in total. The highest BCUT2D eigenvalue weighted by molar-refractivity contribution is 9.12. The van der Waals surface area contributed by atoms with Crippen LogP contribution in [0.5, 0.6) is 0 Å². The lowest BCUT2D eigenvalue weighted by Gasteiger charge is -2.20. The van der Waals surface area contributed by atoms with Crippen LogP contribution in [0.2, 0.25) is 0 Å². The summed E-state index contributed by atoms with van der Waals surface area (Å²) < 4.78 is 4.33. The van der Waals surface area contributed by atoms with Crippen molar-refractivity contribution in [2.75, 3.05) is 11.9 Å². The summed E-state index contributed by atoms with van der Waals surface area (Å²) in [6.45, 7) is 4.17. The van der Waals surface area contributed by atoms with Gasteiger partial charge in [-0.25, -0.2) is 0 Å². The molecule has 0 saturated heterocycles. The highest BCUT2D eigenvalue weighted by Gasteiger charge is 2.33. The van der Waals surface area contributed by atoms with Gasteiger partial charge in [-0.1, -0.05) is 38.8 Å². The molecular formula is C7H12Br2O2. The number of alkyl halides is 2. The van der Waals surface area contributed by atoms with Gasteiger partial charge in [-0.15, -0.1) is 0 Å². The molecule has 11 heavy (non-hydrogen) atoms. The average molecular weight is 288 g/mol. The second kappa shape index (κ2) is 5.14. The van der Waals surface area contributed by atoms with Crippen molar-refractivity contribution in [3.05, 3.63) is 0 Å². The van der Waals surface area contributed by atoms with Crippen LogP contribution < -0.4 is 0 Å². The second-order valence-electron chi connectivity index (χ2n) is 2.17. The maximum Gasteiger partial charge on any atom is 0.323 e. The Morgan fingerprint density at radius 1 is 1.55 bits per heavy atom. The van der Waals surface area contributed by atoms with Crippen molar-refractivity contribution in [1.82, 2.24) is 0 Å². The molecule has 0 saturated carbocycles. The lowest BCUT2D eigenvalue weighted by molar-refractivity contribution is -0.145. The minimum absolute atomic E-state index is 0.195. The van der Waals surface area contributed by atoms with E-state index in [1.165, 1.54) is 0 Å². The van der Waals surface area contributed by atoms with Gasteiger partial charge in [0.15, 0.2) is 0 Å². The van der Waals surface area contributed by atoms with Crippen LogP contribution in [0.25, 0.3) is 0 Å². The Labute approximate surface area is 83.9 Å². The molecule has 0 aliphatic carbocycles. The van der Waals surface area contributed by atoms with Crippen molar-refractivity contribution in [3.63, 3.8) is 0 Å². The molecule has 1 unspecified atom stereocenters. The summed E-state index contributed by atoms with van der Waals surface area (Å²) in [5.74, 6) is -0.195. The number of halogens is 2. The zero-order valence-electron chi connectivity index (χ0n) is 6.69. The highest BCUT2D eigenvalue weighted by atomic mass is 79.9. The van der Waals surface area contributed by atoms with E-state index in [-0.39, 0.29) is 5.97 Å². The third-order valence-electron chi connectivity index (χ3n) is 1.41. The lowest BCUT2D eigenvalue weighted by atomic mass is 10.1. The van der Waals surface area contributed by atoms with Crippen LogP contribution in [0, 0.1) is 0 Å². The second-order valence-corrected chi connectivity index (χ2v) is 4.25. The van der Waals surface area contributed by atoms with Crippen molar-refractivity contribution in [2.45, 2.75) is 24.6 Å². The third-order valence-corrected chi connectivity index (χ3v) is 4.29. The van der Waals surface area contributed by atoms with E-state index in [1.807, 2.05) is 6.92 Å². The van der Waals surface area contributed by atoms with Crippen LogP contribution in [-0.2, 0) is 9.53 Å². The van der Waals surface area contributed by atoms with E-state index in [9.17, 15) is 4.79 Å². The molecule has 66 valence electrons. The van der Waals surface area contributed by atoms with E-state index in [2.05, 4.69) is 31.9 Å². The van der Waals surface area contributed by atoms with E-state index >= 15 is 0 Å². The first kappa shape index (κ1) is 11.4. The summed E-state index contributed by atoms with van der Waals surface area (Å²) in [5.41, 5.74) is 0. The molecule has 0 radical (unpaired) electrons. The van der Waals surface area contributed by atoms with E-state index in [4.69, 9.17) is 4.74 Å². The third kappa shape index (κ3) is 3.11. The van der Waals surface area contributed by atoms with E-state index in [1.54, 1.807) is 6.92 Å². The van der Waals surface area contributed by atoms with Gasteiger partial charge in [0.25, 0.3) is 0 Å². The van der Waals surface area contributed by atoms with E-state index < -0.39 is 4.32 Å². The molecule has 0 aromatic rings. The topological polar surface area (TPSA) is 26.3 Å². The fraction of sp³-hybridized carbons (Fsp3) is 0.857. The van der Waals surface area contributed by atoms with Crippen LogP contribution in [0.4, 0.5) is 0 Å². The minimum Gasteiger partial charge on any atom is -0.465 e. The Hall–Kier alpha value is 0.430. The molecular weight excluding hydrogens is 276 g/mol. The average Bonchev–Trinajstić information content (AvgIpc) is 2.03. The Bertz CT molecular complexity index is 132. The molecule has 0 aromatic heterocycles. The van der Waals surface area contributed by atoms with Gasteiger partial charge in [-0.2, -0.15) is 0 Å². The Balaban J connectivity index is 4.12. The van der Waals surface area contributed by atoms with Crippen molar-refractivity contribution >= 4 is 37.8 Å². The van der Waals surface area contributed by atoms with Crippen LogP contribution >= 0.6 is 31.9 Å². The SMILES string of the molecule is CCOC(=O)C(Br)(CC)CBr. The van der Waals surface area contributed by atoms with Crippen molar-refractivity contribution in [2.24, 2.45) is 0 Å². The molecule has 4 heteroatoms. The molecule has 0 amide bonds. The minimum atomic E-state index is -0.539. The summed E-state index contributed by atoms with van der Waals surface area (Å²) in [7, 11) is 0. The maximum atomic E-state index is 11.2. The first-order valence-corrected chi connectivity index (χ1v) is 5.44. The Morgan fingerprint density at radius 3 is 2.36 bits per heavy atom. The molecule has 0 heterocycles. The van der Waals surface area contributed by atoms with Gasteiger partial charge in [0.1, 0.15) is 4.32 Å². The number of esters is 1. The molecule has 0 rings (SSSR count). The van der Waals surface area contributed by atoms with E-state index in [0.717, 1.165) is 6.42 Å². The van der Waals surface area contributed by atoms with Gasteiger partial charge in [0, 0.05) is 5.33 Å². The van der Waals surface area contributed by atoms with E-state index in [0.29, 0.717) is 11.9 Å². The van der Waals surface area contributed by atoms with Gasteiger partial charge >= 0.3 is 5.97 Å². The normalized spacial score (nSPS) is 15.6. The van der Waals surface area contributed by atoms with Crippen LogP contribution in [0.15, 0.2) is 0 Å². The molecule has 0 aliphatic heterocycles. The number of ether oxygens (including phenoxy) is 1. The summed E-state index contributed by atoms with van der Waals surface area (Å²) >= 11 is 6.58. The number of hydrogen-bond acceptors (Lipinski definition) is 2. The molecule has 0 aromatic carbocycles. The number of hydrogen-bond donors (Lipinski definition) is 0. The van der Waals surface area contributed by atoms with Crippen molar-refractivity contribution in [1.29, 1.82) is 0 Å². The number of carbonyl (C=O) groups is 1. The monoisotopic (exact) mass is 286 g/mol. The van der Waals surface area contributed by atoms with Crippen LogP contribution in [0.1, 0.15) is 20.3 Å². The molecule has 0 aliphatic rings. The molecule has 0 N–H and O–H groups in total. The van der Waals surface area contributed by atoms with Crippen molar-refractivity contribution < 1.29 is 9.53 Å². The maximum absolute atomic E-state index is 11.2. The zero-order chi connectivity index (χ0) is 8.91. The fourth-order valence-electron chi connectivity index (χ4n) is 0.554. The molecule has 0 bridgehead atoms. The van der Waals surface area contributed by atoms with Gasteiger partial charge in [0.05, 0.1) is 6.61 Å². The van der Waals surface area contributed by atoms with Gasteiger partial charge in [0.2, 0.25) is 0 Å². The fourth-order valence-corrected chi connectivity index (χ4v) is 1.29. The summed E-state index contributed by atoms with van der Waals surface area (Å²) in [6, 6.07) is 0. The highest BCUT2D eigenvalue weighted by Crippen LogP contribution is 2.26. The molecule has 0 spiro atoms. The Kier molecular flexibility index (Phi) is 5.34. The first-order chi connectivity index (χ1) is 5.10. The zero-order valence-corrected chi connectivity index (χ0v) is 9.87. The standard InChI is InChI=1S/C7H12Br2O2/c1-3-7(9,5-8)6(10)11-4-2/h3-5H2,1-2H3. The smallest absolute Gasteiger partial charge is 0.323 e. The summed E-state index contributed by atoms with van der Waals surface area (Å²) in [5, 5.41) is 0.579. The number of rotatable bonds is 4. The largest absolute Gasteiger partial charge is 0.465 e. The van der Waals surface area contributed by atoms with Crippen LogP contribution in [0.3, 0.4) is 0 Å². The van der Waals surface area contributed by atoms with Gasteiger partial charge in [-0.3, -0.25) is 4.79 Å². The lowest BCUT2D eigenvalue weighted by Crippen LogP contribution is -2.34. The quantitative estimate of drug-likeness (QED) is 0.587. The number of carbonyl (C=O) groups excluding carboxylic acids is 1. The predicted octanol–water partition coefficient (Wildman–Crippen LogP) is 2.49. The van der Waals surface area contributed by atoms with Gasteiger partial charge in [-0.05, 0) is 13.3 Å².